The largest absolute Gasteiger partial charge is 0.496 e. The summed E-state index contributed by atoms with van der Waals surface area (Å²) in [4.78, 5) is 7.60. The average Bonchev–Trinajstić information content (AvgIpc) is 3.08. The molecule has 0 fully saturated rings. The first-order valence-corrected chi connectivity index (χ1v) is 9.32. The zero-order valence-electron chi connectivity index (χ0n) is 15.0. The standard InChI is InChI=1S/C20H23BrN4O/c1-22-20(25-12-14-7-8-19(26-2)17(21)11-14)23-10-9-15-13-24-18-6-4-3-5-16(15)18/h3-8,11,13,24H,9-10,12H2,1-2H3,(H2,22,23,25). The van der Waals surface area contributed by atoms with Crippen LogP contribution >= 0.6 is 15.9 Å². The van der Waals surface area contributed by atoms with Crippen molar-refractivity contribution in [3.05, 3.63) is 64.3 Å². The zero-order valence-corrected chi connectivity index (χ0v) is 16.6. The number of para-hydroxylation sites is 1. The quantitative estimate of drug-likeness (QED) is 0.424. The molecule has 5 nitrogen and oxygen atoms in total. The summed E-state index contributed by atoms with van der Waals surface area (Å²) < 4.78 is 6.21. The molecule has 0 saturated heterocycles. The molecule has 1 aromatic heterocycles. The number of methoxy groups -OCH3 is 1. The van der Waals surface area contributed by atoms with Crippen molar-refractivity contribution in [2.45, 2.75) is 13.0 Å². The molecule has 26 heavy (non-hydrogen) atoms. The maximum Gasteiger partial charge on any atom is 0.191 e. The van der Waals surface area contributed by atoms with Gasteiger partial charge in [-0.05, 0) is 51.7 Å². The molecule has 0 unspecified atom stereocenters. The number of aliphatic imine (C=N–C) groups is 1. The van der Waals surface area contributed by atoms with E-state index in [1.165, 1.54) is 16.5 Å². The highest BCUT2D eigenvalue weighted by atomic mass is 79.9. The number of aromatic amines is 1. The second kappa shape index (κ2) is 8.76. The highest BCUT2D eigenvalue weighted by molar-refractivity contribution is 9.10. The topological polar surface area (TPSA) is 61.4 Å². The maximum atomic E-state index is 5.26. The van der Waals surface area contributed by atoms with Gasteiger partial charge in [0.15, 0.2) is 5.96 Å². The van der Waals surface area contributed by atoms with E-state index >= 15 is 0 Å². The van der Waals surface area contributed by atoms with Gasteiger partial charge >= 0.3 is 0 Å². The lowest BCUT2D eigenvalue weighted by molar-refractivity contribution is 0.412. The van der Waals surface area contributed by atoms with E-state index in [2.05, 4.69) is 60.9 Å². The van der Waals surface area contributed by atoms with Crippen LogP contribution in [0.2, 0.25) is 0 Å². The van der Waals surface area contributed by atoms with Crippen LogP contribution in [0.4, 0.5) is 0 Å². The van der Waals surface area contributed by atoms with Crippen molar-refractivity contribution in [3.63, 3.8) is 0 Å². The fourth-order valence-corrected chi connectivity index (χ4v) is 3.47. The van der Waals surface area contributed by atoms with Gasteiger partial charge in [0, 0.05) is 37.2 Å². The summed E-state index contributed by atoms with van der Waals surface area (Å²) in [6.45, 7) is 1.50. The SMILES string of the molecule is CN=C(NCCc1c[nH]c2ccccc12)NCc1ccc(OC)c(Br)c1. The van der Waals surface area contributed by atoms with E-state index in [-0.39, 0.29) is 0 Å². The van der Waals surface area contributed by atoms with Crippen LogP contribution in [0.5, 0.6) is 5.75 Å². The number of hydrogen-bond donors (Lipinski definition) is 3. The minimum atomic E-state index is 0.690. The molecule has 0 aliphatic heterocycles. The van der Waals surface area contributed by atoms with Gasteiger partial charge in [-0.15, -0.1) is 0 Å². The third kappa shape index (κ3) is 4.38. The highest BCUT2D eigenvalue weighted by Gasteiger charge is 2.05. The Morgan fingerprint density at radius 3 is 2.81 bits per heavy atom. The fraction of sp³-hybridized carbons (Fsp3) is 0.250. The van der Waals surface area contributed by atoms with E-state index < -0.39 is 0 Å². The molecule has 0 atom stereocenters. The Morgan fingerprint density at radius 1 is 1.19 bits per heavy atom. The molecule has 3 aromatic rings. The van der Waals surface area contributed by atoms with Gasteiger partial charge in [0.2, 0.25) is 0 Å². The van der Waals surface area contributed by atoms with E-state index in [1.54, 1.807) is 14.2 Å². The number of guanidine groups is 1. The number of nitrogens with zero attached hydrogens (tertiary/aromatic N) is 1. The van der Waals surface area contributed by atoms with Crippen molar-refractivity contribution in [2.24, 2.45) is 4.99 Å². The number of hydrogen-bond acceptors (Lipinski definition) is 2. The van der Waals surface area contributed by atoms with Crippen molar-refractivity contribution in [1.82, 2.24) is 15.6 Å². The van der Waals surface area contributed by atoms with Gasteiger partial charge in [-0.3, -0.25) is 4.99 Å². The summed E-state index contributed by atoms with van der Waals surface area (Å²) >= 11 is 3.51. The minimum absolute atomic E-state index is 0.690. The van der Waals surface area contributed by atoms with Crippen LogP contribution in [0, 0.1) is 0 Å². The summed E-state index contributed by atoms with van der Waals surface area (Å²) in [7, 11) is 3.45. The second-order valence-electron chi connectivity index (χ2n) is 5.93. The Hall–Kier alpha value is -2.47. The van der Waals surface area contributed by atoms with Gasteiger partial charge in [0.05, 0.1) is 11.6 Å². The lowest BCUT2D eigenvalue weighted by Crippen LogP contribution is -2.37. The third-order valence-electron chi connectivity index (χ3n) is 4.26. The van der Waals surface area contributed by atoms with Crippen LogP contribution in [-0.2, 0) is 13.0 Å². The number of rotatable bonds is 6. The lowest BCUT2D eigenvalue weighted by Gasteiger charge is -2.12. The summed E-state index contributed by atoms with van der Waals surface area (Å²) in [5, 5.41) is 7.98. The Labute approximate surface area is 162 Å². The van der Waals surface area contributed by atoms with Crippen LogP contribution in [0.15, 0.2) is 58.1 Å². The van der Waals surface area contributed by atoms with Crippen LogP contribution in [-0.4, -0.2) is 31.6 Å². The molecule has 0 aliphatic rings. The molecular formula is C20H23BrN4O. The molecule has 0 spiro atoms. The van der Waals surface area contributed by atoms with Crippen LogP contribution < -0.4 is 15.4 Å². The minimum Gasteiger partial charge on any atom is -0.496 e. The summed E-state index contributed by atoms with van der Waals surface area (Å²) in [5.41, 5.74) is 3.63. The molecule has 0 saturated carbocycles. The first-order valence-electron chi connectivity index (χ1n) is 8.53. The van der Waals surface area contributed by atoms with Crippen molar-refractivity contribution in [1.29, 1.82) is 0 Å². The molecule has 6 heteroatoms. The van der Waals surface area contributed by atoms with Gasteiger partial charge in [0.1, 0.15) is 5.75 Å². The second-order valence-corrected chi connectivity index (χ2v) is 6.79. The summed E-state index contributed by atoms with van der Waals surface area (Å²) in [6.07, 6.45) is 3.01. The van der Waals surface area contributed by atoms with Gasteiger partial charge < -0.3 is 20.4 Å². The monoisotopic (exact) mass is 414 g/mol. The molecule has 0 bridgehead atoms. The molecular weight excluding hydrogens is 392 g/mol. The van der Waals surface area contributed by atoms with Crippen molar-refractivity contribution < 1.29 is 4.74 Å². The first kappa shape index (κ1) is 18.3. The van der Waals surface area contributed by atoms with E-state index in [9.17, 15) is 0 Å². The Bertz CT molecular complexity index is 904. The molecule has 0 amide bonds. The van der Waals surface area contributed by atoms with Crippen molar-refractivity contribution in [3.8, 4) is 5.75 Å². The smallest absolute Gasteiger partial charge is 0.191 e. The fourth-order valence-electron chi connectivity index (χ4n) is 2.88. The number of H-pyrrole nitrogens is 1. The number of fused-ring (bicyclic) bond motifs is 1. The maximum absolute atomic E-state index is 5.26. The van der Waals surface area contributed by atoms with Crippen LogP contribution in [0.25, 0.3) is 10.9 Å². The molecule has 0 aliphatic carbocycles. The molecule has 2 aromatic carbocycles. The Balaban J connectivity index is 1.51. The lowest BCUT2D eigenvalue weighted by atomic mass is 10.1. The van der Waals surface area contributed by atoms with E-state index in [4.69, 9.17) is 4.74 Å². The predicted octanol–water partition coefficient (Wildman–Crippen LogP) is 3.85. The van der Waals surface area contributed by atoms with Gasteiger partial charge in [-0.1, -0.05) is 24.3 Å². The summed E-state index contributed by atoms with van der Waals surface area (Å²) in [6, 6.07) is 14.4. The zero-order chi connectivity index (χ0) is 18.4. The van der Waals surface area contributed by atoms with Crippen LogP contribution in [0.3, 0.4) is 0 Å². The summed E-state index contributed by atoms with van der Waals surface area (Å²) in [5.74, 6) is 1.62. The van der Waals surface area contributed by atoms with Gasteiger partial charge in [-0.2, -0.15) is 0 Å². The Morgan fingerprint density at radius 2 is 2.04 bits per heavy atom. The number of ether oxygens (including phenoxy) is 1. The van der Waals surface area contributed by atoms with E-state index in [0.717, 1.165) is 34.7 Å². The predicted molar refractivity (Wildman–Crippen MR) is 111 cm³/mol. The molecule has 0 radical (unpaired) electrons. The number of nitrogens with one attached hydrogen (secondary N) is 3. The highest BCUT2D eigenvalue weighted by Crippen LogP contribution is 2.25. The van der Waals surface area contributed by atoms with Crippen molar-refractivity contribution >= 4 is 32.8 Å². The van der Waals surface area contributed by atoms with E-state index in [0.29, 0.717) is 6.54 Å². The first-order chi connectivity index (χ1) is 12.7. The molecule has 3 rings (SSSR count). The van der Waals surface area contributed by atoms with E-state index in [1.807, 2.05) is 24.3 Å². The normalized spacial score (nSPS) is 11.6. The number of halogens is 1. The number of benzene rings is 2. The van der Waals surface area contributed by atoms with Gasteiger partial charge in [-0.25, -0.2) is 0 Å². The van der Waals surface area contributed by atoms with Gasteiger partial charge in [0.25, 0.3) is 0 Å². The number of aromatic nitrogens is 1. The van der Waals surface area contributed by atoms with Crippen molar-refractivity contribution in [2.75, 3.05) is 20.7 Å². The molecule has 136 valence electrons. The molecule has 1 heterocycles. The van der Waals surface area contributed by atoms with Crippen LogP contribution in [0.1, 0.15) is 11.1 Å². The third-order valence-corrected chi connectivity index (χ3v) is 4.88. The Kier molecular flexibility index (Phi) is 6.17. The average molecular weight is 415 g/mol. The molecule has 3 N–H and O–H groups in total.